The minimum Gasteiger partial charge on any atom is 0 e. The van der Waals surface area contributed by atoms with Crippen LogP contribution in [-0.2, 0) is 67.7 Å². The molecule has 0 aliphatic rings. The van der Waals surface area contributed by atoms with Crippen molar-refractivity contribution in [3.8, 4) is 0 Å². The first-order valence-electron chi connectivity index (χ1n) is 0. The van der Waals surface area contributed by atoms with Crippen LogP contribution in [0.5, 0.6) is 0 Å². The topological polar surface area (TPSA) is 0 Å². The van der Waals surface area contributed by atoms with Crippen molar-refractivity contribution in [3.05, 3.63) is 0 Å². The molecule has 4 heteroatoms. The second-order valence-corrected chi connectivity index (χ2v) is 0. The molecule has 0 aliphatic heterocycles. The molecule has 0 aromatic rings. The molecule has 0 rings (SSSR count). The summed E-state index contributed by atoms with van der Waals surface area (Å²) in [5.74, 6) is 0. The summed E-state index contributed by atoms with van der Waals surface area (Å²) < 4.78 is 0. The molecule has 0 saturated carbocycles. The zero-order chi connectivity index (χ0) is 0. The van der Waals surface area contributed by atoms with Gasteiger partial charge in [-0.1, -0.05) is 0 Å². The van der Waals surface area contributed by atoms with Crippen LogP contribution >= 0.6 is 0 Å². The predicted octanol–water partition coefficient (Wildman–Crippen LogP) is -0.0100. The van der Waals surface area contributed by atoms with Crippen molar-refractivity contribution in [3.63, 3.8) is 0 Å². The van der Waals surface area contributed by atoms with Gasteiger partial charge in [0.05, 0.1) is 0 Å². The predicted molar refractivity (Wildman–Crippen MR) is 0 cm³/mol. The van der Waals surface area contributed by atoms with Gasteiger partial charge < -0.3 is 0 Å². The molecule has 0 atom stereocenters. The van der Waals surface area contributed by atoms with E-state index < -0.39 is 0 Å². The molecule has 0 unspecified atom stereocenters. The van der Waals surface area contributed by atoms with Gasteiger partial charge in [-0.25, -0.2) is 0 Å². The van der Waals surface area contributed by atoms with Gasteiger partial charge in [0.25, 0.3) is 0 Å². The van der Waals surface area contributed by atoms with E-state index in [0.29, 0.717) is 0 Å². The Morgan fingerprint density at radius 1 is 1.00 bits per heavy atom. The molecule has 0 N–H and O–H groups in total. The zero-order valence-corrected chi connectivity index (χ0v) is 5.60. The minimum absolute atomic E-state index is 0. The molecule has 0 fully saturated rings. The molecule has 4 heavy (non-hydrogen) atoms. The quantitative estimate of drug-likeness (QED) is 0.516. The van der Waals surface area contributed by atoms with E-state index in [1.54, 1.807) is 0 Å². The van der Waals surface area contributed by atoms with E-state index >= 15 is 0 Å². The molecular weight excluding hydrogens is 233 g/mol. The Kier molecular flexibility index (Phi) is 181. The van der Waals surface area contributed by atoms with Crippen molar-refractivity contribution in [1.29, 1.82) is 0 Å². The number of hydrogen-bond donors (Lipinski definition) is 0. The Morgan fingerprint density at radius 2 is 1.00 bits per heavy atom. The summed E-state index contributed by atoms with van der Waals surface area (Å²) in [5.41, 5.74) is 0. The first-order chi connectivity index (χ1) is 0. The van der Waals surface area contributed by atoms with Gasteiger partial charge in [-0.05, 0) is 0 Å². The van der Waals surface area contributed by atoms with Gasteiger partial charge in [0, 0.05) is 67.7 Å². The monoisotopic (exact) mass is 232 g/mol. The third kappa shape index (κ3) is 8.96. The molecule has 0 nitrogen and oxygen atoms in total. The maximum absolute atomic E-state index is 0. The van der Waals surface area contributed by atoms with Crippen molar-refractivity contribution >= 4 is 0 Å². The Labute approximate surface area is 67.2 Å². The molecule has 0 aliphatic carbocycles. The normalized spacial score (nSPS) is 0. The minimum atomic E-state index is 0. The smallest absolute Gasteiger partial charge is 0 e. The van der Waals surface area contributed by atoms with Gasteiger partial charge in [0.1, 0.15) is 0 Å². The Bertz CT molecular complexity index is 8.00. The Balaban J connectivity index is 0. The van der Waals surface area contributed by atoms with E-state index in [2.05, 4.69) is 0 Å². The fourth-order valence-corrected chi connectivity index (χ4v) is 0. The average molecular weight is 233 g/mol. The van der Waals surface area contributed by atoms with Crippen LogP contribution in [0.2, 0.25) is 0 Å². The van der Waals surface area contributed by atoms with E-state index in [1.807, 2.05) is 0 Å². The molecule has 0 saturated heterocycles. The third-order valence-corrected chi connectivity index (χ3v) is 0. The zero-order valence-electron chi connectivity index (χ0n) is 1.36. The van der Waals surface area contributed by atoms with Crippen molar-refractivity contribution in [2.75, 3.05) is 0 Å². The van der Waals surface area contributed by atoms with Crippen LogP contribution in [0.25, 0.3) is 0 Å². The Morgan fingerprint density at radius 3 is 1.00 bits per heavy atom. The van der Waals surface area contributed by atoms with Gasteiger partial charge in [0.2, 0.25) is 0 Å². The van der Waals surface area contributed by atoms with Crippen molar-refractivity contribution in [2.45, 2.75) is 0 Å². The molecule has 2 radical (unpaired) electrons. The van der Waals surface area contributed by atoms with E-state index in [0.717, 1.165) is 0 Å². The molecule has 0 bridgehead atoms. The van der Waals surface area contributed by atoms with Crippen molar-refractivity contribution < 1.29 is 67.7 Å². The third-order valence-electron chi connectivity index (χ3n) is 0. The first-order valence-corrected chi connectivity index (χ1v) is 0. The largest absolute Gasteiger partial charge is 0 e. The van der Waals surface area contributed by atoms with Crippen LogP contribution in [-0.4, -0.2) is 0 Å². The van der Waals surface area contributed by atoms with E-state index in [9.17, 15) is 0 Å². The fraction of sp³-hybridized carbons (Fsp3) is 0. The molecular formula is CoCrCuNi. The fourth-order valence-electron chi connectivity index (χ4n) is 0. The number of rotatable bonds is 0. The van der Waals surface area contributed by atoms with Gasteiger partial charge >= 0.3 is 0 Å². The maximum atomic E-state index is 0. The van der Waals surface area contributed by atoms with Crippen LogP contribution in [0.15, 0.2) is 0 Å². The van der Waals surface area contributed by atoms with Gasteiger partial charge in [-0.2, -0.15) is 0 Å². The average Bonchev–Trinajstić information content (AvgIpc) is 0. The van der Waals surface area contributed by atoms with Gasteiger partial charge in [0.15, 0.2) is 0 Å². The molecule has 0 heterocycles. The second-order valence-electron chi connectivity index (χ2n) is 0. The van der Waals surface area contributed by atoms with E-state index in [4.69, 9.17) is 0 Å². The summed E-state index contributed by atoms with van der Waals surface area (Å²) in [4.78, 5) is 0. The van der Waals surface area contributed by atoms with E-state index in [1.165, 1.54) is 0 Å². The van der Waals surface area contributed by atoms with Crippen LogP contribution in [0.3, 0.4) is 0 Å². The molecule has 0 spiro atoms. The summed E-state index contributed by atoms with van der Waals surface area (Å²) in [6, 6.07) is 0. The van der Waals surface area contributed by atoms with Gasteiger partial charge in [-0.15, -0.1) is 0 Å². The summed E-state index contributed by atoms with van der Waals surface area (Å²) in [6.07, 6.45) is 0. The van der Waals surface area contributed by atoms with Crippen LogP contribution < -0.4 is 0 Å². The first kappa shape index (κ1) is 36.7. The molecule has 0 amide bonds. The molecule has 0 aromatic carbocycles. The van der Waals surface area contributed by atoms with Gasteiger partial charge in [-0.3, -0.25) is 0 Å². The standard InChI is InChI=1S/Co.Cr.Cu.Ni. The number of hydrogen-bond acceptors (Lipinski definition) is 0. The SMILES string of the molecule is [Co].[Cr].[Cu].[Ni]. The van der Waals surface area contributed by atoms with Crippen molar-refractivity contribution in [2.24, 2.45) is 0 Å². The van der Waals surface area contributed by atoms with Crippen LogP contribution in [0.1, 0.15) is 0 Å². The Hall–Kier alpha value is 2.05. The molecule has 36 valence electrons. The summed E-state index contributed by atoms with van der Waals surface area (Å²) in [7, 11) is 0. The van der Waals surface area contributed by atoms with E-state index in [-0.39, 0.29) is 67.7 Å². The summed E-state index contributed by atoms with van der Waals surface area (Å²) in [5, 5.41) is 0. The van der Waals surface area contributed by atoms with Crippen molar-refractivity contribution in [1.82, 2.24) is 0 Å². The maximum Gasteiger partial charge on any atom is 0 e. The summed E-state index contributed by atoms with van der Waals surface area (Å²) >= 11 is 0. The van der Waals surface area contributed by atoms with Crippen LogP contribution in [0, 0.1) is 0 Å². The van der Waals surface area contributed by atoms with Crippen LogP contribution in [0.4, 0.5) is 0 Å². The summed E-state index contributed by atoms with van der Waals surface area (Å²) in [6.45, 7) is 0. The second kappa shape index (κ2) is 19.7. The molecule has 0 aromatic heterocycles.